The molecule has 0 atom stereocenters. The van der Waals surface area contributed by atoms with Crippen molar-refractivity contribution in [2.24, 2.45) is 0 Å². The molecule has 0 saturated heterocycles. The molecule has 8 heteroatoms. The summed E-state index contributed by atoms with van der Waals surface area (Å²) in [6.45, 7) is 1.67. The molecule has 3 N–H and O–H groups in total. The lowest BCUT2D eigenvalue weighted by Crippen LogP contribution is -2.12. The normalized spacial score (nSPS) is 10.2. The SMILES string of the molecule is Cc1ncoc1C(=O)Nc1nnc(N)s1. The molecule has 7 nitrogen and oxygen atoms in total. The number of carbonyl (C=O) groups excluding carboxylic acids is 1. The molecule has 2 aromatic heterocycles. The zero-order valence-electron chi connectivity index (χ0n) is 7.72. The lowest BCUT2D eigenvalue weighted by molar-refractivity contribution is 0.0996. The summed E-state index contributed by atoms with van der Waals surface area (Å²) in [5.74, 6) is -0.259. The van der Waals surface area contributed by atoms with Crippen LogP contribution in [0.5, 0.6) is 0 Å². The van der Waals surface area contributed by atoms with Crippen molar-refractivity contribution < 1.29 is 9.21 Å². The van der Waals surface area contributed by atoms with E-state index in [0.717, 1.165) is 11.3 Å². The van der Waals surface area contributed by atoms with Crippen LogP contribution in [0.25, 0.3) is 0 Å². The Bertz CT molecular complexity index is 491. The fourth-order valence-electron chi connectivity index (χ4n) is 0.959. The number of oxazole rings is 1. The van der Waals surface area contributed by atoms with E-state index in [4.69, 9.17) is 10.2 Å². The maximum Gasteiger partial charge on any atom is 0.295 e. The predicted molar refractivity (Wildman–Crippen MR) is 53.5 cm³/mol. The number of amides is 1. The third-order valence-corrected chi connectivity index (χ3v) is 2.28. The number of nitrogens with two attached hydrogens (primary N) is 1. The molecular formula is C7H7N5O2S. The number of aryl methyl sites for hydroxylation is 1. The summed E-state index contributed by atoms with van der Waals surface area (Å²) in [5, 5.41) is 10.3. The van der Waals surface area contributed by atoms with E-state index >= 15 is 0 Å². The Morgan fingerprint density at radius 2 is 2.40 bits per heavy atom. The number of rotatable bonds is 2. The van der Waals surface area contributed by atoms with Crippen LogP contribution in [0.3, 0.4) is 0 Å². The second kappa shape index (κ2) is 3.65. The van der Waals surface area contributed by atoms with Gasteiger partial charge in [-0.3, -0.25) is 10.1 Å². The first-order valence-electron chi connectivity index (χ1n) is 3.97. The molecule has 1 amide bonds. The number of anilines is 2. The van der Waals surface area contributed by atoms with Gasteiger partial charge in [-0.1, -0.05) is 11.3 Å². The largest absolute Gasteiger partial charge is 0.438 e. The fourth-order valence-corrected chi connectivity index (χ4v) is 1.46. The number of hydrogen-bond acceptors (Lipinski definition) is 7. The summed E-state index contributed by atoms with van der Waals surface area (Å²) in [7, 11) is 0. The zero-order valence-corrected chi connectivity index (χ0v) is 8.54. The van der Waals surface area contributed by atoms with Gasteiger partial charge >= 0.3 is 0 Å². The van der Waals surface area contributed by atoms with Gasteiger partial charge < -0.3 is 10.2 Å². The molecule has 0 saturated carbocycles. The van der Waals surface area contributed by atoms with E-state index in [2.05, 4.69) is 20.5 Å². The Kier molecular flexibility index (Phi) is 2.34. The third-order valence-electron chi connectivity index (χ3n) is 1.61. The highest BCUT2D eigenvalue weighted by Crippen LogP contribution is 2.17. The Morgan fingerprint density at radius 1 is 1.60 bits per heavy atom. The second-order valence-corrected chi connectivity index (χ2v) is 3.68. The number of nitrogen functional groups attached to an aromatic ring is 1. The molecule has 2 heterocycles. The van der Waals surface area contributed by atoms with Crippen molar-refractivity contribution >= 4 is 27.5 Å². The van der Waals surface area contributed by atoms with Crippen molar-refractivity contribution in [3.8, 4) is 0 Å². The van der Waals surface area contributed by atoms with Crippen molar-refractivity contribution in [1.29, 1.82) is 0 Å². The van der Waals surface area contributed by atoms with Crippen molar-refractivity contribution in [3.63, 3.8) is 0 Å². The molecule has 0 fully saturated rings. The number of aromatic nitrogens is 3. The van der Waals surface area contributed by atoms with E-state index in [1.54, 1.807) is 6.92 Å². The Labute approximate surface area is 88.3 Å². The first kappa shape index (κ1) is 9.59. The first-order chi connectivity index (χ1) is 7.16. The highest BCUT2D eigenvalue weighted by atomic mass is 32.1. The summed E-state index contributed by atoms with van der Waals surface area (Å²) in [6, 6.07) is 0. The number of hydrogen-bond donors (Lipinski definition) is 2. The summed E-state index contributed by atoms with van der Waals surface area (Å²) in [4.78, 5) is 15.4. The van der Waals surface area contributed by atoms with Crippen molar-refractivity contribution in [2.45, 2.75) is 6.92 Å². The number of nitrogens with zero attached hydrogens (tertiary/aromatic N) is 3. The van der Waals surface area contributed by atoms with Gasteiger partial charge in [0.15, 0.2) is 6.39 Å². The van der Waals surface area contributed by atoms with Crippen LogP contribution in [0.15, 0.2) is 10.8 Å². The smallest absolute Gasteiger partial charge is 0.295 e. The molecule has 0 unspecified atom stereocenters. The molecule has 15 heavy (non-hydrogen) atoms. The van der Waals surface area contributed by atoms with E-state index in [1.165, 1.54) is 6.39 Å². The Balaban J connectivity index is 2.14. The van der Waals surface area contributed by atoms with E-state index < -0.39 is 5.91 Å². The molecule has 2 rings (SSSR count). The van der Waals surface area contributed by atoms with Gasteiger partial charge in [-0.05, 0) is 6.92 Å². The third kappa shape index (κ3) is 1.94. The van der Waals surface area contributed by atoms with Gasteiger partial charge in [-0.2, -0.15) is 0 Å². The van der Waals surface area contributed by atoms with Crippen LogP contribution in [0.4, 0.5) is 10.3 Å². The molecule has 0 aliphatic heterocycles. The van der Waals surface area contributed by atoms with Gasteiger partial charge in [0, 0.05) is 0 Å². The van der Waals surface area contributed by atoms with Crippen LogP contribution in [0.2, 0.25) is 0 Å². The van der Waals surface area contributed by atoms with Crippen LogP contribution < -0.4 is 11.1 Å². The van der Waals surface area contributed by atoms with Crippen molar-refractivity contribution in [2.75, 3.05) is 11.1 Å². The van der Waals surface area contributed by atoms with Crippen LogP contribution in [-0.4, -0.2) is 21.1 Å². The van der Waals surface area contributed by atoms with Gasteiger partial charge in [-0.25, -0.2) is 4.98 Å². The molecule has 0 radical (unpaired) electrons. The summed E-state index contributed by atoms with van der Waals surface area (Å²) in [6.07, 6.45) is 1.21. The molecule has 0 aromatic carbocycles. The molecule has 2 aromatic rings. The van der Waals surface area contributed by atoms with E-state index in [-0.39, 0.29) is 5.76 Å². The average molecular weight is 225 g/mol. The quantitative estimate of drug-likeness (QED) is 0.777. The Morgan fingerprint density at radius 3 is 2.93 bits per heavy atom. The summed E-state index contributed by atoms with van der Waals surface area (Å²) in [5.41, 5.74) is 5.88. The minimum absolute atomic E-state index is 0.156. The minimum Gasteiger partial charge on any atom is -0.438 e. The topological polar surface area (TPSA) is 107 Å². The summed E-state index contributed by atoms with van der Waals surface area (Å²) < 4.78 is 4.91. The van der Waals surface area contributed by atoms with Gasteiger partial charge in [0.1, 0.15) is 0 Å². The maximum absolute atomic E-state index is 11.6. The first-order valence-corrected chi connectivity index (χ1v) is 4.79. The predicted octanol–water partition coefficient (Wildman–Crippen LogP) is 0.669. The van der Waals surface area contributed by atoms with Crippen molar-refractivity contribution in [3.05, 3.63) is 17.8 Å². The average Bonchev–Trinajstić information content (AvgIpc) is 2.75. The Hall–Kier alpha value is -1.96. The zero-order chi connectivity index (χ0) is 10.8. The van der Waals surface area contributed by atoms with Gasteiger partial charge in [0.25, 0.3) is 5.91 Å². The highest BCUT2D eigenvalue weighted by molar-refractivity contribution is 7.19. The van der Waals surface area contributed by atoms with Gasteiger partial charge in [-0.15, -0.1) is 10.2 Å². The molecule has 0 aliphatic rings. The maximum atomic E-state index is 11.6. The molecular weight excluding hydrogens is 218 g/mol. The standard InChI is InChI=1S/C7H7N5O2S/c1-3-4(14-2-9-3)5(13)10-7-12-11-6(8)15-7/h2H,1H3,(H2,8,11)(H,10,12,13). The van der Waals surface area contributed by atoms with E-state index in [1.807, 2.05) is 0 Å². The van der Waals surface area contributed by atoms with E-state index in [9.17, 15) is 4.79 Å². The number of carbonyl (C=O) groups is 1. The number of nitrogens with one attached hydrogen (secondary N) is 1. The lowest BCUT2D eigenvalue weighted by atomic mass is 10.3. The van der Waals surface area contributed by atoms with Gasteiger partial charge in [0.2, 0.25) is 16.0 Å². The van der Waals surface area contributed by atoms with E-state index in [0.29, 0.717) is 16.0 Å². The molecule has 0 aliphatic carbocycles. The lowest BCUT2D eigenvalue weighted by Gasteiger charge is -1.96. The van der Waals surface area contributed by atoms with Crippen LogP contribution in [0, 0.1) is 6.92 Å². The molecule has 0 spiro atoms. The highest BCUT2D eigenvalue weighted by Gasteiger charge is 2.15. The second-order valence-electron chi connectivity index (χ2n) is 2.67. The minimum atomic E-state index is -0.416. The fraction of sp³-hybridized carbons (Fsp3) is 0.143. The van der Waals surface area contributed by atoms with Gasteiger partial charge in [0.05, 0.1) is 5.69 Å². The summed E-state index contributed by atoms with van der Waals surface area (Å²) >= 11 is 1.08. The molecule has 78 valence electrons. The van der Waals surface area contributed by atoms with Crippen molar-refractivity contribution in [1.82, 2.24) is 15.2 Å². The monoisotopic (exact) mass is 225 g/mol. The van der Waals surface area contributed by atoms with Crippen LogP contribution in [0.1, 0.15) is 16.2 Å². The van der Waals surface area contributed by atoms with Crippen LogP contribution in [-0.2, 0) is 0 Å². The van der Waals surface area contributed by atoms with Crippen LogP contribution >= 0.6 is 11.3 Å². The molecule has 0 bridgehead atoms.